The molecule has 0 radical (unpaired) electrons. The van der Waals surface area contributed by atoms with Gasteiger partial charge in [0.2, 0.25) is 0 Å². The van der Waals surface area contributed by atoms with Crippen molar-refractivity contribution in [2.75, 3.05) is 0 Å². The van der Waals surface area contributed by atoms with Gasteiger partial charge < -0.3 is 5.21 Å². The van der Waals surface area contributed by atoms with Crippen molar-refractivity contribution in [1.29, 1.82) is 0 Å². The Hall–Kier alpha value is -1.09. The molecular formula is C6H5ClN2O. The van der Waals surface area contributed by atoms with E-state index in [4.69, 9.17) is 16.8 Å². The molecule has 0 fully saturated rings. The molecule has 0 aliphatic carbocycles. The first-order chi connectivity index (χ1) is 4.83. The molecular weight excluding hydrogens is 152 g/mol. The Morgan fingerprint density at radius 2 is 2.40 bits per heavy atom. The highest BCUT2D eigenvalue weighted by molar-refractivity contribution is 6.29. The maximum Gasteiger partial charge on any atom is 0.129 e. The molecule has 0 aromatic carbocycles. The van der Waals surface area contributed by atoms with Crippen LogP contribution in [0.1, 0.15) is 5.69 Å². The average molecular weight is 157 g/mol. The van der Waals surface area contributed by atoms with Crippen LogP contribution < -0.4 is 0 Å². The predicted molar refractivity (Wildman–Crippen MR) is 38.6 cm³/mol. The summed E-state index contributed by atoms with van der Waals surface area (Å²) in [4.78, 5) is 3.82. The van der Waals surface area contributed by atoms with Gasteiger partial charge in [0.1, 0.15) is 5.15 Å². The molecule has 1 rings (SSSR count). The molecule has 1 aromatic rings. The third kappa shape index (κ3) is 1.70. The summed E-state index contributed by atoms with van der Waals surface area (Å²) in [6, 6.07) is 5.06. The van der Waals surface area contributed by atoms with Gasteiger partial charge in [-0.15, -0.1) is 0 Å². The minimum Gasteiger partial charge on any atom is -0.411 e. The monoisotopic (exact) mass is 156 g/mol. The van der Waals surface area contributed by atoms with E-state index in [-0.39, 0.29) is 0 Å². The van der Waals surface area contributed by atoms with Crippen LogP contribution in [0.4, 0.5) is 0 Å². The van der Waals surface area contributed by atoms with Crippen molar-refractivity contribution in [3.05, 3.63) is 29.0 Å². The largest absolute Gasteiger partial charge is 0.411 e. The lowest BCUT2D eigenvalue weighted by Gasteiger charge is -1.89. The fourth-order valence-corrected chi connectivity index (χ4v) is 0.725. The fraction of sp³-hybridized carbons (Fsp3) is 0. The highest BCUT2D eigenvalue weighted by atomic mass is 35.5. The molecule has 0 spiro atoms. The van der Waals surface area contributed by atoms with Gasteiger partial charge in [-0.1, -0.05) is 22.8 Å². The Morgan fingerprint density at radius 3 is 3.00 bits per heavy atom. The van der Waals surface area contributed by atoms with Crippen LogP contribution in [0.3, 0.4) is 0 Å². The summed E-state index contributed by atoms with van der Waals surface area (Å²) in [6.07, 6.45) is 1.21. The van der Waals surface area contributed by atoms with Gasteiger partial charge >= 0.3 is 0 Å². The summed E-state index contributed by atoms with van der Waals surface area (Å²) >= 11 is 5.53. The minimum absolute atomic E-state index is 0.386. The number of halogens is 1. The molecule has 1 aromatic heterocycles. The number of pyridine rings is 1. The normalized spacial score (nSPS) is 10.5. The second kappa shape index (κ2) is 3.17. The summed E-state index contributed by atoms with van der Waals surface area (Å²) in [5.74, 6) is 0. The first kappa shape index (κ1) is 7.02. The van der Waals surface area contributed by atoms with Crippen molar-refractivity contribution in [3.8, 4) is 0 Å². The Kier molecular flexibility index (Phi) is 2.23. The van der Waals surface area contributed by atoms with E-state index in [1.54, 1.807) is 18.2 Å². The molecule has 0 unspecified atom stereocenters. The zero-order chi connectivity index (χ0) is 7.40. The molecule has 0 saturated heterocycles. The highest BCUT2D eigenvalue weighted by Crippen LogP contribution is 2.02. The summed E-state index contributed by atoms with van der Waals surface area (Å²) in [5, 5.41) is 11.3. The Labute approximate surface area is 63.0 Å². The van der Waals surface area contributed by atoms with Crippen molar-refractivity contribution in [3.63, 3.8) is 0 Å². The molecule has 10 heavy (non-hydrogen) atoms. The van der Waals surface area contributed by atoms with Gasteiger partial charge in [-0.3, -0.25) is 0 Å². The van der Waals surface area contributed by atoms with Gasteiger partial charge in [-0.2, -0.15) is 0 Å². The zero-order valence-electron chi connectivity index (χ0n) is 5.03. The molecule has 0 aliphatic heterocycles. The smallest absolute Gasteiger partial charge is 0.129 e. The van der Waals surface area contributed by atoms with Crippen LogP contribution in [0.15, 0.2) is 23.4 Å². The molecule has 0 atom stereocenters. The van der Waals surface area contributed by atoms with E-state index in [1.807, 2.05) is 0 Å². The molecule has 0 amide bonds. The quantitative estimate of drug-likeness (QED) is 0.290. The van der Waals surface area contributed by atoms with Crippen LogP contribution in [0.5, 0.6) is 0 Å². The second-order valence-corrected chi connectivity index (χ2v) is 2.02. The maximum absolute atomic E-state index is 8.10. The fourth-order valence-electron chi connectivity index (χ4n) is 0.555. The third-order valence-corrected chi connectivity index (χ3v) is 1.14. The average Bonchev–Trinajstić information content (AvgIpc) is 1.88. The van der Waals surface area contributed by atoms with Gasteiger partial charge in [0.25, 0.3) is 0 Å². The first-order valence-corrected chi connectivity index (χ1v) is 3.01. The van der Waals surface area contributed by atoms with Crippen LogP contribution in [-0.4, -0.2) is 16.4 Å². The standard InChI is InChI=1S/C6H5ClN2O/c7-6-3-1-2-5(9-6)4-8-10/h1-4,10H/b8-4+. The summed E-state index contributed by atoms with van der Waals surface area (Å²) < 4.78 is 0. The molecule has 1 N–H and O–H groups in total. The van der Waals surface area contributed by atoms with E-state index in [9.17, 15) is 0 Å². The van der Waals surface area contributed by atoms with Gasteiger partial charge in [-0.25, -0.2) is 4.98 Å². The number of hydrogen-bond donors (Lipinski definition) is 1. The van der Waals surface area contributed by atoms with Crippen molar-refractivity contribution in [2.24, 2.45) is 5.16 Å². The van der Waals surface area contributed by atoms with Crippen LogP contribution >= 0.6 is 11.6 Å². The van der Waals surface area contributed by atoms with Crippen molar-refractivity contribution in [1.82, 2.24) is 4.98 Å². The SMILES string of the molecule is O/N=C/c1cccc(Cl)n1. The van der Waals surface area contributed by atoms with Gasteiger partial charge in [0.05, 0.1) is 11.9 Å². The Bertz CT molecular complexity index is 249. The van der Waals surface area contributed by atoms with E-state index < -0.39 is 0 Å². The minimum atomic E-state index is 0.386. The Morgan fingerprint density at radius 1 is 1.60 bits per heavy atom. The number of oxime groups is 1. The third-order valence-electron chi connectivity index (χ3n) is 0.927. The number of hydrogen-bond acceptors (Lipinski definition) is 3. The molecule has 52 valence electrons. The molecule has 0 bridgehead atoms. The summed E-state index contributed by atoms with van der Waals surface area (Å²) in [6.45, 7) is 0. The number of rotatable bonds is 1. The van der Waals surface area contributed by atoms with E-state index in [1.165, 1.54) is 6.21 Å². The van der Waals surface area contributed by atoms with Crippen molar-refractivity contribution in [2.45, 2.75) is 0 Å². The molecule has 0 aliphatic rings. The summed E-state index contributed by atoms with van der Waals surface area (Å²) in [7, 11) is 0. The summed E-state index contributed by atoms with van der Waals surface area (Å²) in [5.41, 5.74) is 0.537. The lowest BCUT2D eigenvalue weighted by atomic mass is 10.4. The zero-order valence-corrected chi connectivity index (χ0v) is 5.78. The lowest BCUT2D eigenvalue weighted by Crippen LogP contribution is -1.85. The lowest BCUT2D eigenvalue weighted by molar-refractivity contribution is 0.321. The molecule has 4 heteroatoms. The van der Waals surface area contributed by atoms with Crippen LogP contribution in [0, 0.1) is 0 Å². The first-order valence-electron chi connectivity index (χ1n) is 2.63. The van der Waals surface area contributed by atoms with Crippen molar-refractivity contribution < 1.29 is 5.21 Å². The number of nitrogens with zero attached hydrogens (tertiary/aromatic N) is 2. The van der Waals surface area contributed by atoms with Crippen molar-refractivity contribution >= 4 is 17.8 Å². The van der Waals surface area contributed by atoms with E-state index in [2.05, 4.69) is 10.1 Å². The predicted octanol–water partition coefficient (Wildman–Crippen LogP) is 1.54. The molecule has 3 nitrogen and oxygen atoms in total. The molecule has 0 saturated carbocycles. The molecule has 1 heterocycles. The van der Waals surface area contributed by atoms with E-state index in [0.29, 0.717) is 10.8 Å². The van der Waals surface area contributed by atoms with Crippen LogP contribution in [0.2, 0.25) is 5.15 Å². The Balaban J connectivity index is 2.95. The topological polar surface area (TPSA) is 45.5 Å². The number of aromatic nitrogens is 1. The second-order valence-electron chi connectivity index (χ2n) is 1.63. The van der Waals surface area contributed by atoms with Gasteiger partial charge in [0.15, 0.2) is 0 Å². The van der Waals surface area contributed by atoms with Crippen LogP contribution in [-0.2, 0) is 0 Å². The maximum atomic E-state index is 8.10. The van der Waals surface area contributed by atoms with E-state index >= 15 is 0 Å². The van der Waals surface area contributed by atoms with Gasteiger partial charge in [-0.05, 0) is 12.1 Å². The van der Waals surface area contributed by atoms with E-state index in [0.717, 1.165) is 0 Å². The van der Waals surface area contributed by atoms with Crippen LogP contribution in [0.25, 0.3) is 0 Å². The van der Waals surface area contributed by atoms with Gasteiger partial charge in [0, 0.05) is 0 Å². The highest BCUT2D eigenvalue weighted by Gasteiger charge is 1.89.